The molecule has 0 N–H and O–H groups in total. The van der Waals surface area contributed by atoms with Crippen molar-refractivity contribution < 1.29 is 0 Å². The minimum absolute atomic E-state index is 1.11. The largest absolute Gasteiger partial charge is 0.118 e. The van der Waals surface area contributed by atoms with E-state index in [2.05, 4.69) is 39.8 Å². The molecule has 16 heavy (non-hydrogen) atoms. The summed E-state index contributed by atoms with van der Waals surface area (Å²) in [7, 11) is 1.11. The Morgan fingerprint density at radius 3 is 2.31 bits per heavy atom. The predicted octanol–water partition coefficient (Wildman–Crippen LogP) is 4.98. The van der Waals surface area contributed by atoms with Gasteiger partial charge in [0.15, 0.2) is 0 Å². The summed E-state index contributed by atoms with van der Waals surface area (Å²) in [5, 5.41) is 0. The monoisotopic (exact) mass is 236 g/mol. The normalized spacial score (nSPS) is 11.5. The maximum atomic E-state index is 2.39. The third kappa shape index (κ3) is 4.26. The molecule has 0 radical (unpaired) electrons. The van der Waals surface area contributed by atoms with Crippen LogP contribution < -0.4 is 0 Å². The first kappa shape index (κ1) is 13.7. The van der Waals surface area contributed by atoms with E-state index in [0.29, 0.717) is 0 Å². The van der Waals surface area contributed by atoms with E-state index >= 15 is 0 Å². The highest BCUT2D eigenvalue weighted by Gasteiger charge is 2.01. The number of benzene rings is 1. The van der Waals surface area contributed by atoms with E-state index in [4.69, 9.17) is 0 Å². The van der Waals surface area contributed by atoms with Gasteiger partial charge in [-0.3, -0.25) is 0 Å². The van der Waals surface area contributed by atoms with Crippen LogP contribution in [-0.4, -0.2) is 6.16 Å². The van der Waals surface area contributed by atoms with Gasteiger partial charge in [-0.1, -0.05) is 31.9 Å². The Morgan fingerprint density at radius 2 is 1.62 bits per heavy atom. The molecule has 1 rings (SSSR count). The Bertz CT molecular complexity index is 328. The molecule has 0 aliphatic heterocycles. The quantitative estimate of drug-likeness (QED) is 0.482. The molecule has 0 aromatic heterocycles. The third-order valence-corrected chi connectivity index (χ3v) is 4.56. The standard InChI is InChI=1S/C15H25P/c1-5-6-7-8-16-11-15-10-13(3)12(2)9-14(15)4/h9-10,16H,5-8,11H2,1-4H3. The molecule has 0 amide bonds. The molecule has 1 aromatic carbocycles. The van der Waals surface area contributed by atoms with Crippen LogP contribution in [0.2, 0.25) is 0 Å². The van der Waals surface area contributed by atoms with Gasteiger partial charge in [0, 0.05) is 0 Å². The van der Waals surface area contributed by atoms with E-state index < -0.39 is 0 Å². The summed E-state index contributed by atoms with van der Waals surface area (Å²) < 4.78 is 0. The summed E-state index contributed by atoms with van der Waals surface area (Å²) in [6.07, 6.45) is 6.86. The molecule has 1 aromatic rings. The van der Waals surface area contributed by atoms with Crippen molar-refractivity contribution in [1.29, 1.82) is 0 Å². The van der Waals surface area contributed by atoms with E-state index in [-0.39, 0.29) is 0 Å². The van der Waals surface area contributed by atoms with Crippen LogP contribution in [0.4, 0.5) is 0 Å². The fourth-order valence-corrected chi connectivity index (χ4v) is 3.26. The van der Waals surface area contributed by atoms with Crippen molar-refractivity contribution in [1.82, 2.24) is 0 Å². The number of hydrogen-bond donors (Lipinski definition) is 0. The molecule has 0 aliphatic carbocycles. The van der Waals surface area contributed by atoms with E-state index in [1.165, 1.54) is 48.3 Å². The number of unbranched alkanes of at least 4 members (excludes halogenated alkanes) is 2. The lowest BCUT2D eigenvalue weighted by atomic mass is 10.0. The smallest absolute Gasteiger partial charge is 0.00979 e. The van der Waals surface area contributed by atoms with Gasteiger partial charge in [-0.25, -0.2) is 0 Å². The minimum Gasteiger partial charge on any atom is -0.118 e. The third-order valence-electron chi connectivity index (χ3n) is 3.22. The molecule has 1 unspecified atom stereocenters. The number of aryl methyl sites for hydroxylation is 3. The van der Waals surface area contributed by atoms with E-state index in [1.807, 2.05) is 0 Å². The van der Waals surface area contributed by atoms with Gasteiger partial charge in [0.05, 0.1) is 0 Å². The molecule has 0 saturated carbocycles. The second kappa shape index (κ2) is 7.07. The van der Waals surface area contributed by atoms with Gasteiger partial charge in [-0.2, -0.15) is 0 Å². The molecular formula is C15H25P. The summed E-state index contributed by atoms with van der Waals surface area (Å²) in [5.41, 5.74) is 5.92. The average Bonchev–Trinajstić information content (AvgIpc) is 2.25. The maximum Gasteiger partial charge on any atom is -0.00979 e. The predicted molar refractivity (Wildman–Crippen MR) is 77.1 cm³/mol. The highest BCUT2D eigenvalue weighted by atomic mass is 31.1. The van der Waals surface area contributed by atoms with E-state index in [1.54, 1.807) is 5.56 Å². The van der Waals surface area contributed by atoms with Crippen LogP contribution in [0.25, 0.3) is 0 Å². The Labute approximate surface area is 103 Å². The molecule has 1 atom stereocenters. The van der Waals surface area contributed by atoms with Gasteiger partial charge in [0.25, 0.3) is 0 Å². The van der Waals surface area contributed by atoms with Crippen LogP contribution >= 0.6 is 8.58 Å². The van der Waals surface area contributed by atoms with Gasteiger partial charge in [-0.05, 0) is 61.8 Å². The van der Waals surface area contributed by atoms with Gasteiger partial charge in [0.1, 0.15) is 0 Å². The Hall–Kier alpha value is -0.350. The van der Waals surface area contributed by atoms with Gasteiger partial charge < -0.3 is 0 Å². The molecule has 0 nitrogen and oxygen atoms in total. The van der Waals surface area contributed by atoms with Crippen molar-refractivity contribution in [2.45, 2.75) is 53.1 Å². The first-order valence-corrected chi connectivity index (χ1v) is 7.84. The first-order valence-electron chi connectivity index (χ1n) is 6.42. The molecular weight excluding hydrogens is 211 g/mol. The number of rotatable bonds is 6. The zero-order valence-electron chi connectivity index (χ0n) is 11.2. The lowest BCUT2D eigenvalue weighted by Gasteiger charge is -2.09. The van der Waals surface area contributed by atoms with E-state index in [9.17, 15) is 0 Å². The van der Waals surface area contributed by atoms with Crippen molar-refractivity contribution in [2.24, 2.45) is 0 Å². The summed E-state index contributed by atoms with van der Waals surface area (Å²) in [6.45, 7) is 8.95. The topological polar surface area (TPSA) is 0 Å². The van der Waals surface area contributed by atoms with Gasteiger partial charge >= 0.3 is 0 Å². The fourth-order valence-electron chi connectivity index (χ4n) is 1.93. The molecule has 0 aliphatic rings. The average molecular weight is 236 g/mol. The van der Waals surface area contributed by atoms with Gasteiger partial charge in [-0.15, -0.1) is 8.58 Å². The first-order chi connectivity index (χ1) is 7.65. The van der Waals surface area contributed by atoms with Crippen LogP contribution in [0.1, 0.15) is 48.4 Å². The van der Waals surface area contributed by atoms with Crippen LogP contribution in [0.15, 0.2) is 12.1 Å². The van der Waals surface area contributed by atoms with Gasteiger partial charge in [0.2, 0.25) is 0 Å². The molecule has 90 valence electrons. The molecule has 0 saturated heterocycles. The van der Waals surface area contributed by atoms with Crippen molar-refractivity contribution in [3.8, 4) is 0 Å². The Kier molecular flexibility index (Phi) is 6.06. The fraction of sp³-hybridized carbons (Fsp3) is 0.600. The van der Waals surface area contributed by atoms with Crippen LogP contribution in [0.3, 0.4) is 0 Å². The van der Waals surface area contributed by atoms with Crippen molar-refractivity contribution in [3.05, 3.63) is 34.4 Å². The molecule has 0 spiro atoms. The maximum absolute atomic E-state index is 2.39. The van der Waals surface area contributed by atoms with Crippen molar-refractivity contribution >= 4 is 8.58 Å². The Balaban J connectivity index is 2.45. The zero-order chi connectivity index (χ0) is 12.0. The lowest BCUT2D eigenvalue weighted by molar-refractivity contribution is 0.777. The number of hydrogen-bond acceptors (Lipinski definition) is 0. The summed E-state index contributed by atoms with van der Waals surface area (Å²) in [4.78, 5) is 0. The Morgan fingerprint density at radius 1 is 0.938 bits per heavy atom. The minimum atomic E-state index is 1.11. The van der Waals surface area contributed by atoms with Crippen molar-refractivity contribution in [3.63, 3.8) is 0 Å². The second-order valence-electron chi connectivity index (χ2n) is 4.75. The highest BCUT2D eigenvalue weighted by molar-refractivity contribution is 7.37. The van der Waals surface area contributed by atoms with Crippen LogP contribution in [-0.2, 0) is 6.16 Å². The van der Waals surface area contributed by atoms with Crippen LogP contribution in [0, 0.1) is 20.8 Å². The molecule has 0 heterocycles. The summed E-state index contributed by atoms with van der Waals surface area (Å²) in [6, 6.07) is 4.72. The molecule has 0 bridgehead atoms. The second-order valence-corrected chi connectivity index (χ2v) is 6.10. The molecule has 0 fully saturated rings. The van der Waals surface area contributed by atoms with Crippen LogP contribution in [0.5, 0.6) is 0 Å². The molecule has 1 heteroatoms. The SMILES string of the molecule is CCCCCPCc1cc(C)c(C)cc1C. The van der Waals surface area contributed by atoms with Crippen molar-refractivity contribution in [2.75, 3.05) is 6.16 Å². The summed E-state index contributed by atoms with van der Waals surface area (Å²) >= 11 is 0. The highest BCUT2D eigenvalue weighted by Crippen LogP contribution is 2.24. The van der Waals surface area contributed by atoms with E-state index in [0.717, 1.165) is 8.58 Å². The lowest BCUT2D eigenvalue weighted by Crippen LogP contribution is -1.91. The summed E-state index contributed by atoms with van der Waals surface area (Å²) in [5.74, 6) is 0. The zero-order valence-corrected chi connectivity index (χ0v) is 12.2.